The van der Waals surface area contributed by atoms with Crippen molar-refractivity contribution in [1.82, 2.24) is 10.3 Å². The summed E-state index contributed by atoms with van der Waals surface area (Å²) in [4.78, 5) is 16.2. The number of oxime groups is 1. The van der Waals surface area contributed by atoms with Crippen molar-refractivity contribution in [1.29, 1.82) is 0 Å². The van der Waals surface area contributed by atoms with Gasteiger partial charge in [0.05, 0.1) is 6.04 Å². The summed E-state index contributed by atoms with van der Waals surface area (Å²) in [5.74, 6) is -0.265. The zero-order valence-electron chi connectivity index (χ0n) is 11.5. The molecule has 0 aliphatic rings. The van der Waals surface area contributed by atoms with Crippen LogP contribution in [0.15, 0.2) is 53.9 Å². The molecule has 0 aliphatic heterocycles. The van der Waals surface area contributed by atoms with E-state index in [1.807, 2.05) is 19.1 Å². The molecule has 0 fully saturated rings. The van der Waals surface area contributed by atoms with Crippen molar-refractivity contribution in [3.8, 4) is 0 Å². The first-order valence-corrected chi connectivity index (χ1v) is 6.40. The van der Waals surface area contributed by atoms with Crippen molar-refractivity contribution in [2.24, 2.45) is 10.9 Å². The van der Waals surface area contributed by atoms with Gasteiger partial charge in [0, 0.05) is 23.5 Å². The van der Waals surface area contributed by atoms with Crippen LogP contribution in [0.5, 0.6) is 0 Å². The van der Waals surface area contributed by atoms with Crippen LogP contribution in [-0.4, -0.2) is 21.9 Å². The molecule has 6 nitrogen and oxygen atoms in total. The Balaban J connectivity index is 2.14. The van der Waals surface area contributed by atoms with E-state index in [2.05, 4.69) is 15.5 Å². The Morgan fingerprint density at radius 2 is 1.95 bits per heavy atom. The van der Waals surface area contributed by atoms with Crippen molar-refractivity contribution in [3.63, 3.8) is 0 Å². The number of amides is 1. The molecule has 1 atom stereocenters. The van der Waals surface area contributed by atoms with Crippen LogP contribution in [0, 0.1) is 0 Å². The number of aromatic nitrogens is 1. The Morgan fingerprint density at radius 3 is 2.62 bits per heavy atom. The van der Waals surface area contributed by atoms with Gasteiger partial charge in [0.25, 0.3) is 5.91 Å². The van der Waals surface area contributed by atoms with Gasteiger partial charge in [-0.1, -0.05) is 17.3 Å². The SMILES string of the molecule is CC(NC(=O)c1cccc(/C(N)=N/O)c1)c1ccncc1. The van der Waals surface area contributed by atoms with Crippen molar-refractivity contribution in [3.05, 3.63) is 65.5 Å². The topological polar surface area (TPSA) is 101 Å². The van der Waals surface area contributed by atoms with Crippen molar-refractivity contribution in [2.45, 2.75) is 13.0 Å². The predicted molar refractivity (Wildman–Crippen MR) is 79.1 cm³/mol. The molecule has 6 heteroatoms. The number of nitrogens with one attached hydrogen (secondary N) is 1. The number of hydrogen-bond donors (Lipinski definition) is 3. The van der Waals surface area contributed by atoms with Crippen molar-refractivity contribution in [2.75, 3.05) is 0 Å². The minimum absolute atomic E-state index is 0.0353. The second-order valence-electron chi connectivity index (χ2n) is 4.54. The summed E-state index contributed by atoms with van der Waals surface area (Å²) in [7, 11) is 0. The Hall–Kier alpha value is -2.89. The van der Waals surface area contributed by atoms with Gasteiger partial charge in [-0.15, -0.1) is 0 Å². The van der Waals surface area contributed by atoms with Crippen LogP contribution in [-0.2, 0) is 0 Å². The number of pyridine rings is 1. The first-order chi connectivity index (χ1) is 10.1. The molecule has 0 aliphatic carbocycles. The molecule has 0 spiro atoms. The number of hydrogen-bond acceptors (Lipinski definition) is 4. The van der Waals surface area contributed by atoms with E-state index in [1.54, 1.807) is 36.7 Å². The van der Waals surface area contributed by atoms with Gasteiger partial charge < -0.3 is 16.3 Å². The third kappa shape index (κ3) is 3.56. The van der Waals surface area contributed by atoms with Crippen LogP contribution in [0.4, 0.5) is 0 Å². The first-order valence-electron chi connectivity index (χ1n) is 6.40. The molecular formula is C15H16N4O2. The van der Waals surface area contributed by atoms with E-state index >= 15 is 0 Å². The molecule has 108 valence electrons. The van der Waals surface area contributed by atoms with Gasteiger partial charge in [-0.2, -0.15) is 0 Å². The number of nitrogens with two attached hydrogens (primary N) is 1. The van der Waals surface area contributed by atoms with Crippen molar-refractivity contribution >= 4 is 11.7 Å². The van der Waals surface area contributed by atoms with Gasteiger partial charge in [-0.25, -0.2) is 0 Å². The lowest BCUT2D eigenvalue weighted by molar-refractivity contribution is 0.0940. The van der Waals surface area contributed by atoms with E-state index in [0.29, 0.717) is 11.1 Å². The fourth-order valence-electron chi connectivity index (χ4n) is 1.89. The number of carbonyl (C=O) groups excluding carboxylic acids is 1. The highest BCUT2D eigenvalue weighted by Gasteiger charge is 2.12. The molecule has 2 aromatic rings. The summed E-state index contributed by atoms with van der Waals surface area (Å²) in [6.07, 6.45) is 3.36. The molecule has 4 N–H and O–H groups in total. The minimum Gasteiger partial charge on any atom is -0.409 e. The molecule has 0 radical (unpaired) electrons. The van der Waals surface area contributed by atoms with Crippen LogP contribution in [0.3, 0.4) is 0 Å². The van der Waals surface area contributed by atoms with E-state index in [1.165, 1.54) is 0 Å². The molecule has 1 amide bonds. The van der Waals surface area contributed by atoms with Crippen LogP contribution in [0.1, 0.15) is 34.5 Å². The second kappa shape index (κ2) is 6.51. The van der Waals surface area contributed by atoms with E-state index in [4.69, 9.17) is 10.9 Å². The number of nitrogens with zero attached hydrogens (tertiary/aromatic N) is 2. The van der Waals surface area contributed by atoms with Crippen LogP contribution in [0.2, 0.25) is 0 Å². The fourth-order valence-corrected chi connectivity index (χ4v) is 1.89. The summed E-state index contributed by atoms with van der Waals surface area (Å²) in [6.45, 7) is 1.89. The summed E-state index contributed by atoms with van der Waals surface area (Å²) in [5, 5.41) is 14.5. The van der Waals surface area contributed by atoms with Crippen molar-refractivity contribution < 1.29 is 10.0 Å². The molecule has 21 heavy (non-hydrogen) atoms. The maximum absolute atomic E-state index is 12.2. The summed E-state index contributed by atoms with van der Waals surface area (Å²) < 4.78 is 0. The lowest BCUT2D eigenvalue weighted by atomic mass is 10.1. The predicted octanol–water partition coefficient (Wildman–Crippen LogP) is 1.67. The molecule has 1 heterocycles. The molecular weight excluding hydrogens is 268 g/mol. The van der Waals surface area contributed by atoms with Gasteiger partial charge in [-0.05, 0) is 36.8 Å². The molecule has 1 aromatic carbocycles. The Bertz CT molecular complexity index is 656. The molecule has 1 unspecified atom stereocenters. The normalized spacial score (nSPS) is 12.7. The molecule has 0 saturated carbocycles. The lowest BCUT2D eigenvalue weighted by Gasteiger charge is -2.14. The van der Waals surface area contributed by atoms with E-state index in [0.717, 1.165) is 5.56 Å². The maximum Gasteiger partial charge on any atom is 0.251 e. The van der Waals surface area contributed by atoms with E-state index < -0.39 is 0 Å². The standard InChI is InChI=1S/C15H16N4O2/c1-10(11-5-7-17-8-6-11)18-15(20)13-4-2-3-12(9-13)14(16)19-21/h2-10,21H,1H3,(H2,16,19)(H,18,20). The highest BCUT2D eigenvalue weighted by atomic mass is 16.4. The Kier molecular flexibility index (Phi) is 4.50. The Labute approximate surface area is 122 Å². The summed E-state index contributed by atoms with van der Waals surface area (Å²) in [5.41, 5.74) is 7.41. The molecule has 1 aromatic heterocycles. The monoisotopic (exact) mass is 284 g/mol. The maximum atomic E-state index is 12.2. The largest absolute Gasteiger partial charge is 0.409 e. The fraction of sp³-hybridized carbons (Fsp3) is 0.133. The van der Waals surface area contributed by atoms with Gasteiger partial charge in [0.15, 0.2) is 5.84 Å². The quantitative estimate of drug-likeness (QED) is 0.344. The zero-order chi connectivity index (χ0) is 15.2. The Morgan fingerprint density at radius 1 is 1.29 bits per heavy atom. The number of rotatable bonds is 4. The van der Waals surface area contributed by atoms with Gasteiger partial charge >= 0.3 is 0 Å². The molecule has 2 rings (SSSR count). The van der Waals surface area contributed by atoms with E-state index in [-0.39, 0.29) is 17.8 Å². The first kappa shape index (κ1) is 14.5. The van der Waals surface area contributed by atoms with Gasteiger partial charge in [-0.3, -0.25) is 9.78 Å². The van der Waals surface area contributed by atoms with Crippen LogP contribution in [0.25, 0.3) is 0 Å². The molecule has 0 bridgehead atoms. The summed E-state index contributed by atoms with van der Waals surface area (Å²) in [6, 6.07) is 10.1. The van der Waals surface area contributed by atoms with Crippen LogP contribution >= 0.6 is 0 Å². The van der Waals surface area contributed by atoms with Crippen LogP contribution < -0.4 is 11.1 Å². The number of amidine groups is 1. The highest BCUT2D eigenvalue weighted by molar-refractivity contribution is 6.01. The minimum atomic E-state index is -0.230. The third-order valence-corrected chi connectivity index (χ3v) is 3.08. The highest BCUT2D eigenvalue weighted by Crippen LogP contribution is 2.12. The third-order valence-electron chi connectivity index (χ3n) is 3.08. The zero-order valence-corrected chi connectivity index (χ0v) is 11.5. The second-order valence-corrected chi connectivity index (χ2v) is 4.54. The van der Waals surface area contributed by atoms with Gasteiger partial charge in [0.1, 0.15) is 0 Å². The van der Waals surface area contributed by atoms with Gasteiger partial charge in [0.2, 0.25) is 0 Å². The van der Waals surface area contributed by atoms with E-state index in [9.17, 15) is 4.79 Å². The summed E-state index contributed by atoms with van der Waals surface area (Å²) >= 11 is 0. The number of carbonyl (C=O) groups is 1. The average molecular weight is 284 g/mol. The number of benzene rings is 1. The average Bonchev–Trinajstić information content (AvgIpc) is 2.55. The lowest BCUT2D eigenvalue weighted by Crippen LogP contribution is -2.27. The smallest absolute Gasteiger partial charge is 0.251 e. The molecule has 0 saturated heterocycles.